The number of nitrogens with two attached hydrogens (primary N) is 1. The SMILES string of the molecule is C=C(CCC)C(N)/C=C(/C)c1cc(O)cc2c1C2(C)C. The molecule has 1 aromatic rings. The Balaban J connectivity index is 2.30. The summed E-state index contributed by atoms with van der Waals surface area (Å²) in [7, 11) is 0. The van der Waals surface area contributed by atoms with Crippen LogP contribution < -0.4 is 5.73 Å². The number of rotatable bonds is 5. The number of fused-ring (bicyclic) bond motifs is 1. The summed E-state index contributed by atoms with van der Waals surface area (Å²) in [6.07, 6.45) is 4.07. The van der Waals surface area contributed by atoms with Crippen LogP contribution in [0.4, 0.5) is 0 Å². The molecule has 1 aliphatic rings. The fourth-order valence-electron chi connectivity index (χ4n) is 2.92. The zero-order chi connectivity index (χ0) is 15.1. The maximum Gasteiger partial charge on any atom is 0.116 e. The van der Waals surface area contributed by atoms with E-state index in [2.05, 4.69) is 40.3 Å². The van der Waals surface area contributed by atoms with Crippen molar-refractivity contribution in [2.24, 2.45) is 5.73 Å². The highest BCUT2D eigenvalue weighted by atomic mass is 16.3. The van der Waals surface area contributed by atoms with Crippen molar-refractivity contribution in [1.29, 1.82) is 0 Å². The second kappa shape index (κ2) is 5.10. The summed E-state index contributed by atoms with van der Waals surface area (Å²) < 4.78 is 0. The molecule has 0 saturated carbocycles. The number of phenols is 1. The van der Waals surface area contributed by atoms with Gasteiger partial charge in [0.15, 0.2) is 0 Å². The third kappa shape index (κ3) is 2.53. The summed E-state index contributed by atoms with van der Waals surface area (Å²) in [6.45, 7) is 12.6. The lowest BCUT2D eigenvalue weighted by Gasteiger charge is -2.12. The van der Waals surface area contributed by atoms with Gasteiger partial charge >= 0.3 is 0 Å². The van der Waals surface area contributed by atoms with Crippen LogP contribution in [0, 0.1) is 0 Å². The molecule has 0 radical (unpaired) electrons. The zero-order valence-corrected chi connectivity index (χ0v) is 13.0. The molecule has 0 saturated heterocycles. The zero-order valence-electron chi connectivity index (χ0n) is 13.0. The minimum atomic E-state index is -0.116. The molecule has 1 aliphatic carbocycles. The quantitative estimate of drug-likeness (QED) is 0.791. The number of hydrogen-bond acceptors (Lipinski definition) is 2. The van der Waals surface area contributed by atoms with Crippen LogP contribution in [-0.2, 0) is 5.41 Å². The van der Waals surface area contributed by atoms with Crippen molar-refractivity contribution in [2.45, 2.75) is 52.0 Å². The minimum absolute atomic E-state index is 0.0793. The van der Waals surface area contributed by atoms with Crippen molar-refractivity contribution in [2.75, 3.05) is 0 Å². The van der Waals surface area contributed by atoms with Gasteiger partial charge in [0.05, 0.1) is 0 Å². The summed E-state index contributed by atoms with van der Waals surface area (Å²) >= 11 is 0. The van der Waals surface area contributed by atoms with Crippen molar-refractivity contribution >= 4 is 5.57 Å². The summed E-state index contributed by atoms with van der Waals surface area (Å²) in [6, 6.07) is 3.59. The van der Waals surface area contributed by atoms with Gasteiger partial charge in [-0.2, -0.15) is 0 Å². The van der Waals surface area contributed by atoms with Crippen LogP contribution in [0.25, 0.3) is 5.57 Å². The predicted octanol–water partition coefficient (Wildman–Crippen LogP) is 4.12. The first-order valence-corrected chi connectivity index (χ1v) is 7.29. The van der Waals surface area contributed by atoms with Gasteiger partial charge < -0.3 is 10.8 Å². The van der Waals surface area contributed by atoms with Gasteiger partial charge in [-0.15, -0.1) is 0 Å². The molecule has 2 heteroatoms. The van der Waals surface area contributed by atoms with E-state index < -0.39 is 0 Å². The number of aromatic hydroxyl groups is 1. The molecule has 1 unspecified atom stereocenters. The standard InChI is InChI=1S/C18H25NO/c1-6-7-11(2)16(19)8-12(3)14-9-13(20)10-15-17(14)18(15,4)5/h8-10,16,20H,2,6-7,19H2,1,3-5H3/b12-8-. The Kier molecular flexibility index (Phi) is 3.79. The topological polar surface area (TPSA) is 46.2 Å². The van der Waals surface area contributed by atoms with Crippen LogP contribution in [0.5, 0.6) is 5.75 Å². The fraction of sp³-hybridized carbons (Fsp3) is 0.444. The van der Waals surface area contributed by atoms with E-state index in [1.165, 1.54) is 11.1 Å². The Labute approximate surface area is 122 Å². The summed E-state index contributed by atoms with van der Waals surface area (Å²) in [5.41, 5.74) is 12.1. The predicted molar refractivity (Wildman–Crippen MR) is 85.9 cm³/mol. The van der Waals surface area contributed by atoms with Gasteiger partial charge in [-0.25, -0.2) is 0 Å². The third-order valence-electron chi connectivity index (χ3n) is 4.26. The van der Waals surface area contributed by atoms with Crippen molar-refractivity contribution in [3.63, 3.8) is 0 Å². The van der Waals surface area contributed by atoms with Crippen molar-refractivity contribution in [1.82, 2.24) is 0 Å². The highest BCUT2D eigenvalue weighted by Gasteiger charge is 2.44. The van der Waals surface area contributed by atoms with E-state index in [1.807, 2.05) is 12.1 Å². The van der Waals surface area contributed by atoms with Crippen molar-refractivity contribution in [3.05, 3.63) is 47.1 Å². The van der Waals surface area contributed by atoms with Crippen LogP contribution in [0.15, 0.2) is 30.4 Å². The first-order valence-electron chi connectivity index (χ1n) is 7.29. The average Bonchev–Trinajstić information content (AvgIpc) is 2.90. The summed E-state index contributed by atoms with van der Waals surface area (Å²) in [4.78, 5) is 0. The molecular formula is C18H25NO. The molecule has 3 N–H and O–H groups in total. The van der Waals surface area contributed by atoms with Crippen LogP contribution in [0.3, 0.4) is 0 Å². The molecule has 2 rings (SSSR count). The van der Waals surface area contributed by atoms with Crippen LogP contribution in [0.2, 0.25) is 0 Å². The van der Waals surface area contributed by atoms with E-state index in [1.54, 1.807) is 0 Å². The number of hydrogen-bond donors (Lipinski definition) is 2. The number of phenolic OH excluding ortho intramolecular Hbond substituents is 1. The van der Waals surface area contributed by atoms with E-state index in [-0.39, 0.29) is 11.5 Å². The van der Waals surface area contributed by atoms with Gasteiger partial charge in [-0.3, -0.25) is 0 Å². The molecule has 1 aromatic carbocycles. The van der Waals surface area contributed by atoms with Crippen molar-refractivity contribution < 1.29 is 5.11 Å². The second-order valence-corrected chi connectivity index (χ2v) is 6.32. The fourth-order valence-corrected chi connectivity index (χ4v) is 2.92. The molecule has 0 bridgehead atoms. The average molecular weight is 271 g/mol. The Morgan fingerprint density at radius 2 is 2.10 bits per heavy atom. The van der Waals surface area contributed by atoms with Crippen LogP contribution in [-0.4, -0.2) is 11.1 Å². The molecule has 0 spiro atoms. The first kappa shape index (κ1) is 14.9. The van der Waals surface area contributed by atoms with Gasteiger partial charge in [0.1, 0.15) is 5.75 Å². The van der Waals surface area contributed by atoms with Gasteiger partial charge in [0.25, 0.3) is 0 Å². The first-order chi connectivity index (χ1) is 9.28. The normalized spacial score (nSPS) is 17.6. The molecule has 0 amide bonds. The maximum atomic E-state index is 9.86. The van der Waals surface area contributed by atoms with Gasteiger partial charge in [0.2, 0.25) is 0 Å². The van der Waals surface area contributed by atoms with Crippen LogP contribution in [0.1, 0.15) is 57.2 Å². The Morgan fingerprint density at radius 1 is 1.45 bits per heavy atom. The highest BCUT2D eigenvalue weighted by molar-refractivity contribution is 5.78. The highest BCUT2D eigenvalue weighted by Crippen LogP contribution is 2.54. The van der Waals surface area contributed by atoms with E-state index in [0.29, 0.717) is 5.75 Å². The smallest absolute Gasteiger partial charge is 0.116 e. The van der Waals surface area contributed by atoms with E-state index in [4.69, 9.17) is 5.73 Å². The summed E-state index contributed by atoms with van der Waals surface area (Å²) in [5.74, 6) is 0.332. The van der Waals surface area contributed by atoms with E-state index in [9.17, 15) is 5.11 Å². The Bertz CT molecular complexity index is 581. The van der Waals surface area contributed by atoms with Gasteiger partial charge in [-0.05, 0) is 47.7 Å². The molecule has 0 aliphatic heterocycles. The molecule has 20 heavy (non-hydrogen) atoms. The third-order valence-corrected chi connectivity index (χ3v) is 4.26. The lowest BCUT2D eigenvalue weighted by molar-refractivity contribution is 0.475. The Hall–Kier alpha value is -1.54. The van der Waals surface area contributed by atoms with Gasteiger partial charge in [0, 0.05) is 11.5 Å². The molecule has 0 aromatic heterocycles. The molecular weight excluding hydrogens is 246 g/mol. The van der Waals surface area contributed by atoms with E-state index in [0.717, 1.165) is 29.6 Å². The van der Waals surface area contributed by atoms with Crippen molar-refractivity contribution in [3.8, 4) is 5.75 Å². The van der Waals surface area contributed by atoms with E-state index >= 15 is 0 Å². The lowest BCUT2D eigenvalue weighted by atomic mass is 9.97. The molecule has 2 nitrogen and oxygen atoms in total. The molecule has 0 fully saturated rings. The monoisotopic (exact) mass is 271 g/mol. The number of benzene rings is 1. The largest absolute Gasteiger partial charge is 0.508 e. The summed E-state index contributed by atoms with van der Waals surface area (Å²) in [5, 5.41) is 9.86. The molecule has 108 valence electrons. The lowest BCUT2D eigenvalue weighted by Crippen LogP contribution is -2.19. The Morgan fingerprint density at radius 3 is 2.70 bits per heavy atom. The maximum absolute atomic E-state index is 9.86. The molecule has 1 atom stereocenters. The second-order valence-electron chi connectivity index (χ2n) is 6.32. The molecule has 0 heterocycles. The number of allylic oxidation sites excluding steroid dienone is 1. The van der Waals surface area contributed by atoms with Gasteiger partial charge in [-0.1, -0.05) is 45.4 Å². The van der Waals surface area contributed by atoms with Crippen LogP contribution >= 0.6 is 0 Å². The minimum Gasteiger partial charge on any atom is -0.508 e.